The van der Waals surface area contributed by atoms with E-state index in [1.54, 1.807) is 144 Å². The van der Waals surface area contributed by atoms with Gasteiger partial charge in [0.15, 0.2) is 33.7 Å². The Kier molecular flexibility index (Phi) is 15.9. The maximum Gasteiger partial charge on any atom is 0.338 e. The second-order valence-corrected chi connectivity index (χ2v) is 18.5. The van der Waals surface area contributed by atoms with Crippen molar-refractivity contribution >= 4 is 70.0 Å². The third-order valence-corrected chi connectivity index (χ3v) is 13.2. The number of benzene rings is 7. The lowest BCUT2D eigenvalue weighted by molar-refractivity contribution is -0.207. The molecule has 0 spiro atoms. The molecule has 0 bridgehead atoms. The third kappa shape index (κ3) is 12.3. The summed E-state index contributed by atoms with van der Waals surface area (Å²) in [6, 6.07) is 57.0. The predicted octanol–water partition coefficient (Wildman–Crippen LogP) is 10.7. The van der Waals surface area contributed by atoms with Crippen molar-refractivity contribution in [2.45, 2.75) is 41.9 Å². The highest BCUT2D eigenvalue weighted by molar-refractivity contribution is 7.99. The van der Waals surface area contributed by atoms with Gasteiger partial charge in [0.25, 0.3) is 0 Å². The number of aromatic nitrogens is 2. The van der Waals surface area contributed by atoms with E-state index in [-0.39, 0.29) is 32.2 Å². The summed E-state index contributed by atoms with van der Waals surface area (Å²) in [5.74, 6) is -3.15. The van der Waals surface area contributed by atoms with Gasteiger partial charge in [0.1, 0.15) is 12.7 Å². The summed E-state index contributed by atoms with van der Waals surface area (Å²) in [6.45, 7) is 1.46. The van der Waals surface area contributed by atoms with E-state index in [9.17, 15) is 19.2 Å². The summed E-state index contributed by atoms with van der Waals surface area (Å²) in [5.41, 5.74) is 2.20. The molecule has 8 aromatic rings. The van der Waals surface area contributed by atoms with Gasteiger partial charge in [0, 0.05) is 5.02 Å². The zero-order valence-electron chi connectivity index (χ0n) is 38.3. The summed E-state index contributed by atoms with van der Waals surface area (Å²) < 4.78 is 33.7. The number of carbonyl (C=O) groups excluding carboxylic acids is 4. The molecule has 1 fully saturated rings. The molecule has 0 aliphatic carbocycles. The molecule has 72 heavy (non-hydrogen) atoms. The van der Waals surface area contributed by atoms with Gasteiger partial charge >= 0.3 is 23.9 Å². The zero-order chi connectivity index (χ0) is 49.8. The van der Waals surface area contributed by atoms with Crippen LogP contribution in [0.3, 0.4) is 0 Å². The fourth-order valence-corrected chi connectivity index (χ4v) is 9.84. The van der Waals surface area contributed by atoms with Crippen LogP contribution in [-0.4, -0.2) is 69.9 Å². The van der Waals surface area contributed by atoms with Crippen molar-refractivity contribution in [2.75, 3.05) is 6.61 Å². The van der Waals surface area contributed by atoms with Gasteiger partial charge in [-0.1, -0.05) is 149 Å². The van der Waals surface area contributed by atoms with Crippen LogP contribution in [0.2, 0.25) is 5.02 Å². The monoisotopic (exact) mass is 1010 g/mol. The highest BCUT2D eigenvalue weighted by atomic mass is 35.5. The normalized spacial score (nSPS) is 17.9. The first-order valence-corrected chi connectivity index (χ1v) is 24.7. The molecule has 1 saturated heterocycles. The lowest BCUT2D eigenvalue weighted by Gasteiger charge is -2.44. The average Bonchev–Trinajstić information content (AvgIpc) is 3.41. The predicted molar refractivity (Wildman–Crippen MR) is 273 cm³/mol. The Morgan fingerprint density at radius 1 is 0.583 bits per heavy atom. The van der Waals surface area contributed by atoms with Crippen molar-refractivity contribution < 1.29 is 42.9 Å². The Balaban J connectivity index is 1.25. The van der Waals surface area contributed by atoms with Crippen molar-refractivity contribution in [3.63, 3.8) is 0 Å². The molecule has 0 amide bonds. The summed E-state index contributed by atoms with van der Waals surface area (Å²) in [6.07, 6.45) is -6.09. The number of carbonyl (C=O) groups is 4. The summed E-state index contributed by atoms with van der Waals surface area (Å²) in [5, 5.41) is 0.634. The maximum atomic E-state index is 14.4. The Morgan fingerprint density at radius 3 is 1.61 bits per heavy atom. The SMILES string of the molecule is Cc1ccc(N=c2nc(SC3O[C@H](COC(=O)c4ccccc4)[C@@H](OC(=O)c4ccccc4)[C@H](OC(=O)c4ccccc4)[C@H]3OC(=O)c3ccccc3)n(-c3cccc(Cl)c3)c(=Nc3ccccc3)s2)cc1. The number of hydrogen-bond acceptors (Lipinski definition) is 14. The van der Waals surface area contributed by atoms with E-state index >= 15 is 0 Å². The zero-order valence-corrected chi connectivity index (χ0v) is 40.7. The molecule has 1 unspecified atom stereocenters. The van der Waals surface area contributed by atoms with Gasteiger partial charge in [-0.05, 0) is 97.9 Å². The number of thioether (sulfide) groups is 1. The quantitative estimate of drug-likeness (QED) is 0.0754. The lowest BCUT2D eigenvalue weighted by atomic mass is 9.98. The molecule has 5 atom stereocenters. The number of aryl methyl sites for hydroxylation is 1. The van der Waals surface area contributed by atoms with Gasteiger partial charge in [-0.3, -0.25) is 4.57 Å². The molecule has 0 N–H and O–H groups in total. The standard InChI is InChI=1S/C56H43ClN4O9S2/c1-36-30-32-43(33-31-36)58-54-60-56(61(44-29-17-26-41(57)34-44)55(72-54)59-42-27-15-6-16-28-42)71-53-48(70-52(65)40-24-13-5-14-25-40)47(69-51(64)39-22-11-4-12-23-39)46(68-50(63)38-20-9-3-10-21-38)45(67-53)35-66-49(62)37-18-7-2-8-19-37/h2-34,45-48,53H,35H2,1H3/t45-,46-,47+,48-,53?/m1/s1. The topological polar surface area (TPSA) is 157 Å². The number of halogens is 1. The highest BCUT2D eigenvalue weighted by Crippen LogP contribution is 2.38. The van der Waals surface area contributed by atoms with Gasteiger partial charge in [0.05, 0.1) is 39.3 Å². The largest absolute Gasteiger partial charge is 0.459 e. The first-order valence-electron chi connectivity index (χ1n) is 22.6. The first-order chi connectivity index (χ1) is 35.1. The molecule has 360 valence electrons. The van der Waals surface area contributed by atoms with E-state index < -0.39 is 60.3 Å². The van der Waals surface area contributed by atoms with Crippen LogP contribution in [0.5, 0.6) is 0 Å². The van der Waals surface area contributed by atoms with E-state index in [1.165, 1.54) is 11.3 Å². The van der Waals surface area contributed by atoms with E-state index in [1.807, 2.05) is 67.6 Å². The third-order valence-electron chi connectivity index (χ3n) is 11.0. The first kappa shape index (κ1) is 49.0. The van der Waals surface area contributed by atoms with Crippen LogP contribution in [0.25, 0.3) is 5.69 Å². The van der Waals surface area contributed by atoms with E-state index in [4.69, 9.17) is 50.3 Å². The van der Waals surface area contributed by atoms with Crippen LogP contribution in [0.15, 0.2) is 215 Å². The Morgan fingerprint density at radius 2 is 1.07 bits per heavy atom. The molecule has 0 saturated carbocycles. The molecular weight excluding hydrogens is 972 g/mol. The van der Waals surface area contributed by atoms with E-state index in [0.717, 1.165) is 17.3 Å². The smallest absolute Gasteiger partial charge is 0.338 e. The molecule has 1 aromatic heterocycles. The van der Waals surface area contributed by atoms with Crippen LogP contribution in [0.4, 0.5) is 11.4 Å². The number of esters is 4. The van der Waals surface area contributed by atoms with Gasteiger partial charge in [-0.2, -0.15) is 4.98 Å². The molecular formula is C56H43ClN4O9S2. The molecule has 16 heteroatoms. The van der Waals surface area contributed by atoms with Crippen LogP contribution >= 0.6 is 34.7 Å². The molecule has 1 aliphatic rings. The van der Waals surface area contributed by atoms with Gasteiger partial charge in [-0.15, -0.1) is 0 Å². The van der Waals surface area contributed by atoms with Crippen molar-refractivity contribution in [2.24, 2.45) is 9.98 Å². The fraction of sp³-hybridized carbons (Fsp3) is 0.125. The number of ether oxygens (including phenoxy) is 5. The summed E-state index contributed by atoms with van der Waals surface area (Å²) in [4.78, 5) is 72.5. The Bertz CT molecular complexity index is 3310. The number of hydrogen-bond donors (Lipinski definition) is 0. The maximum absolute atomic E-state index is 14.4. The van der Waals surface area contributed by atoms with Crippen LogP contribution in [0.1, 0.15) is 47.0 Å². The minimum absolute atomic E-state index is 0.154. The van der Waals surface area contributed by atoms with Crippen molar-refractivity contribution in [3.05, 3.63) is 243 Å². The molecule has 0 radical (unpaired) electrons. The van der Waals surface area contributed by atoms with Gasteiger partial charge in [0.2, 0.25) is 4.80 Å². The van der Waals surface area contributed by atoms with E-state index in [2.05, 4.69) is 0 Å². The molecule has 13 nitrogen and oxygen atoms in total. The van der Waals surface area contributed by atoms with Gasteiger partial charge in [-0.25, -0.2) is 29.2 Å². The molecule has 1 aliphatic heterocycles. The summed E-state index contributed by atoms with van der Waals surface area (Å²) >= 11 is 8.88. The molecule has 7 aromatic carbocycles. The fourth-order valence-electron chi connectivity index (χ4n) is 7.47. The second-order valence-electron chi connectivity index (χ2n) is 16.1. The number of rotatable bonds is 14. The van der Waals surface area contributed by atoms with E-state index in [0.29, 0.717) is 26.9 Å². The van der Waals surface area contributed by atoms with Crippen LogP contribution in [-0.2, 0) is 23.7 Å². The molecule has 2 heterocycles. The molecule has 9 rings (SSSR count). The average molecular weight is 1020 g/mol. The Hall–Kier alpha value is -7.95. The number of para-hydroxylation sites is 1. The lowest BCUT2D eigenvalue weighted by Crippen LogP contribution is -2.62. The second kappa shape index (κ2) is 23.3. The van der Waals surface area contributed by atoms with Crippen molar-refractivity contribution in [1.82, 2.24) is 9.55 Å². The van der Waals surface area contributed by atoms with Crippen LogP contribution in [0, 0.1) is 6.92 Å². The minimum atomic E-state index is -1.61. The Labute approximate surface area is 427 Å². The van der Waals surface area contributed by atoms with Crippen LogP contribution < -0.4 is 9.60 Å². The van der Waals surface area contributed by atoms with Gasteiger partial charge < -0.3 is 23.7 Å². The van der Waals surface area contributed by atoms with Crippen molar-refractivity contribution in [3.8, 4) is 5.69 Å². The minimum Gasteiger partial charge on any atom is -0.459 e. The number of nitrogens with zero attached hydrogens (tertiary/aromatic N) is 4. The van der Waals surface area contributed by atoms with Crippen molar-refractivity contribution in [1.29, 1.82) is 0 Å². The highest BCUT2D eigenvalue weighted by Gasteiger charge is 2.54. The summed E-state index contributed by atoms with van der Waals surface area (Å²) in [7, 11) is 0.